The van der Waals surface area contributed by atoms with E-state index < -0.39 is 0 Å². The summed E-state index contributed by atoms with van der Waals surface area (Å²) < 4.78 is 9.22. The molecular formula is C15H23N7O2. The second-order valence-corrected chi connectivity index (χ2v) is 6.21. The summed E-state index contributed by atoms with van der Waals surface area (Å²) in [5.41, 5.74) is 0.318. The van der Waals surface area contributed by atoms with E-state index in [2.05, 4.69) is 39.7 Å². The van der Waals surface area contributed by atoms with Gasteiger partial charge in [0.05, 0.1) is 18.8 Å². The van der Waals surface area contributed by atoms with Crippen LogP contribution in [0.5, 0.6) is 0 Å². The molecule has 0 aliphatic carbocycles. The van der Waals surface area contributed by atoms with Gasteiger partial charge in [0.2, 0.25) is 0 Å². The van der Waals surface area contributed by atoms with Crippen LogP contribution in [0, 0.1) is 0 Å². The fraction of sp³-hybridized carbons (Fsp3) is 0.667. The Hall–Kier alpha value is -2.29. The Balaban J connectivity index is 1.48. The molecule has 2 aromatic heterocycles. The Morgan fingerprint density at radius 1 is 1.46 bits per heavy atom. The number of amides is 1. The summed E-state index contributed by atoms with van der Waals surface area (Å²) in [6, 6.07) is 0.295. The van der Waals surface area contributed by atoms with Crippen LogP contribution < -0.4 is 5.32 Å². The summed E-state index contributed by atoms with van der Waals surface area (Å²) in [5, 5.41) is 18.8. The normalized spacial score (nSPS) is 17.5. The summed E-state index contributed by atoms with van der Waals surface area (Å²) in [7, 11) is 0. The number of aromatic nitrogens is 6. The minimum Gasteiger partial charge on any atom is -0.376 e. The van der Waals surface area contributed by atoms with Crippen LogP contribution in [0.25, 0.3) is 0 Å². The predicted octanol–water partition coefficient (Wildman–Crippen LogP) is 0.602. The van der Waals surface area contributed by atoms with E-state index in [1.54, 1.807) is 17.2 Å². The number of hydrogen-bond acceptors (Lipinski definition) is 6. The molecule has 9 heteroatoms. The highest BCUT2D eigenvalue weighted by Crippen LogP contribution is 2.13. The van der Waals surface area contributed by atoms with Gasteiger partial charge in [-0.25, -0.2) is 4.68 Å². The molecule has 130 valence electrons. The van der Waals surface area contributed by atoms with Gasteiger partial charge in [0.1, 0.15) is 12.2 Å². The van der Waals surface area contributed by atoms with Crippen molar-refractivity contribution in [1.82, 2.24) is 35.1 Å². The van der Waals surface area contributed by atoms with Crippen molar-refractivity contribution in [3.05, 3.63) is 24.0 Å². The van der Waals surface area contributed by atoms with Gasteiger partial charge >= 0.3 is 0 Å². The van der Waals surface area contributed by atoms with Crippen molar-refractivity contribution >= 4 is 5.91 Å². The van der Waals surface area contributed by atoms with Crippen LogP contribution in [0.15, 0.2) is 12.5 Å². The van der Waals surface area contributed by atoms with E-state index in [1.165, 1.54) is 0 Å². The average molecular weight is 333 g/mol. The van der Waals surface area contributed by atoms with Gasteiger partial charge in [0.15, 0.2) is 5.69 Å². The highest BCUT2D eigenvalue weighted by Gasteiger charge is 2.18. The van der Waals surface area contributed by atoms with Crippen LogP contribution in [0.1, 0.15) is 49.0 Å². The maximum Gasteiger partial charge on any atom is 0.273 e. The van der Waals surface area contributed by atoms with Crippen LogP contribution in [0.2, 0.25) is 0 Å². The van der Waals surface area contributed by atoms with Gasteiger partial charge in [-0.1, -0.05) is 5.21 Å². The van der Waals surface area contributed by atoms with Crippen LogP contribution in [-0.4, -0.2) is 54.9 Å². The first-order valence-electron chi connectivity index (χ1n) is 8.32. The Labute approximate surface area is 140 Å². The SMILES string of the molecule is CC(C)n1cnnc1CCNC(=O)c1cn(C[C@H]2CCCO2)nn1. The number of nitrogens with zero attached hydrogens (tertiary/aromatic N) is 6. The lowest BCUT2D eigenvalue weighted by Gasteiger charge is -2.10. The third kappa shape index (κ3) is 3.97. The first-order valence-corrected chi connectivity index (χ1v) is 8.32. The van der Waals surface area contributed by atoms with Crippen molar-refractivity contribution in [2.75, 3.05) is 13.2 Å². The fourth-order valence-electron chi connectivity index (χ4n) is 2.74. The molecule has 0 spiro atoms. The van der Waals surface area contributed by atoms with E-state index in [-0.39, 0.29) is 12.0 Å². The monoisotopic (exact) mass is 333 g/mol. The summed E-state index contributed by atoms with van der Waals surface area (Å²) >= 11 is 0. The van der Waals surface area contributed by atoms with E-state index >= 15 is 0 Å². The molecule has 3 rings (SSSR count). The van der Waals surface area contributed by atoms with Gasteiger partial charge in [-0.15, -0.1) is 15.3 Å². The van der Waals surface area contributed by atoms with Crippen molar-refractivity contribution in [3.8, 4) is 0 Å². The lowest BCUT2D eigenvalue weighted by atomic mass is 10.2. The van der Waals surface area contributed by atoms with Crippen molar-refractivity contribution in [3.63, 3.8) is 0 Å². The number of carbonyl (C=O) groups is 1. The largest absolute Gasteiger partial charge is 0.376 e. The number of ether oxygens (including phenoxy) is 1. The van der Waals surface area contributed by atoms with Gasteiger partial charge in [-0.05, 0) is 26.7 Å². The van der Waals surface area contributed by atoms with Crippen molar-refractivity contribution < 1.29 is 9.53 Å². The van der Waals surface area contributed by atoms with Crippen molar-refractivity contribution in [1.29, 1.82) is 0 Å². The summed E-state index contributed by atoms with van der Waals surface area (Å²) in [6.07, 6.45) is 6.26. The maximum absolute atomic E-state index is 12.1. The third-order valence-electron chi connectivity index (χ3n) is 4.02. The highest BCUT2D eigenvalue weighted by molar-refractivity contribution is 5.91. The molecule has 0 saturated carbocycles. The smallest absolute Gasteiger partial charge is 0.273 e. The molecule has 1 aliphatic rings. The molecule has 1 amide bonds. The molecule has 0 radical (unpaired) electrons. The fourth-order valence-corrected chi connectivity index (χ4v) is 2.74. The number of carbonyl (C=O) groups excluding carboxylic acids is 1. The second kappa shape index (κ2) is 7.52. The van der Waals surface area contributed by atoms with Gasteiger partial charge in [-0.2, -0.15) is 0 Å². The highest BCUT2D eigenvalue weighted by atomic mass is 16.5. The third-order valence-corrected chi connectivity index (χ3v) is 4.02. The molecule has 1 fully saturated rings. The van der Waals surface area contributed by atoms with E-state index in [0.29, 0.717) is 31.2 Å². The van der Waals surface area contributed by atoms with Crippen LogP contribution >= 0.6 is 0 Å². The predicted molar refractivity (Wildman–Crippen MR) is 85.4 cm³/mol. The molecule has 1 atom stereocenters. The quantitative estimate of drug-likeness (QED) is 0.796. The van der Waals surface area contributed by atoms with Gasteiger partial charge in [0, 0.05) is 25.6 Å². The van der Waals surface area contributed by atoms with Gasteiger partial charge in [-0.3, -0.25) is 4.79 Å². The first kappa shape index (κ1) is 16.6. The minimum absolute atomic E-state index is 0.171. The van der Waals surface area contributed by atoms with Gasteiger partial charge in [0.25, 0.3) is 5.91 Å². The summed E-state index contributed by atoms with van der Waals surface area (Å²) in [5.74, 6) is 0.622. The van der Waals surface area contributed by atoms with E-state index in [4.69, 9.17) is 4.74 Å². The molecule has 9 nitrogen and oxygen atoms in total. The zero-order valence-electron chi connectivity index (χ0n) is 14.1. The van der Waals surface area contributed by atoms with Crippen LogP contribution in [0.3, 0.4) is 0 Å². The Kier molecular flexibility index (Phi) is 5.19. The van der Waals surface area contributed by atoms with Gasteiger partial charge < -0.3 is 14.6 Å². The number of nitrogens with one attached hydrogen (secondary N) is 1. The Morgan fingerprint density at radius 3 is 3.08 bits per heavy atom. The molecule has 0 aromatic carbocycles. The molecule has 24 heavy (non-hydrogen) atoms. The van der Waals surface area contributed by atoms with E-state index in [9.17, 15) is 4.79 Å². The summed E-state index contributed by atoms with van der Waals surface area (Å²) in [4.78, 5) is 12.1. The lowest BCUT2D eigenvalue weighted by Crippen LogP contribution is -2.27. The molecule has 0 unspecified atom stereocenters. The zero-order valence-corrected chi connectivity index (χ0v) is 14.1. The Morgan fingerprint density at radius 2 is 2.33 bits per heavy atom. The lowest BCUT2D eigenvalue weighted by molar-refractivity contribution is 0.0930. The molecule has 1 saturated heterocycles. The zero-order chi connectivity index (χ0) is 16.9. The van der Waals surface area contributed by atoms with E-state index in [0.717, 1.165) is 25.3 Å². The summed E-state index contributed by atoms with van der Waals surface area (Å²) in [6.45, 7) is 6.05. The molecule has 0 bridgehead atoms. The molecular weight excluding hydrogens is 310 g/mol. The first-order chi connectivity index (χ1) is 11.6. The van der Waals surface area contributed by atoms with Crippen LogP contribution in [0.4, 0.5) is 0 Å². The maximum atomic E-state index is 12.1. The molecule has 1 N–H and O–H groups in total. The van der Waals surface area contributed by atoms with Crippen molar-refractivity contribution in [2.24, 2.45) is 0 Å². The van der Waals surface area contributed by atoms with Crippen LogP contribution in [-0.2, 0) is 17.7 Å². The number of hydrogen-bond donors (Lipinski definition) is 1. The molecule has 3 heterocycles. The molecule has 2 aromatic rings. The number of rotatable bonds is 7. The second-order valence-electron chi connectivity index (χ2n) is 6.21. The van der Waals surface area contributed by atoms with E-state index in [1.807, 2.05) is 4.57 Å². The average Bonchev–Trinajstić information content (AvgIpc) is 3.28. The Bertz CT molecular complexity index is 673. The minimum atomic E-state index is -0.232. The topological polar surface area (TPSA) is 99.8 Å². The molecule has 1 aliphatic heterocycles. The van der Waals surface area contributed by atoms with Crippen molar-refractivity contribution in [2.45, 2.75) is 51.8 Å². The standard InChI is InChI=1S/C15H23N7O2/c1-11(2)22-10-17-19-14(22)5-6-16-15(23)13-9-21(20-18-13)8-12-4-3-7-24-12/h9-12H,3-8H2,1-2H3,(H,16,23)/t12-/m1/s1.